The first-order valence-corrected chi connectivity index (χ1v) is 17.0. The van der Waals surface area contributed by atoms with Gasteiger partial charge in [0, 0.05) is 22.7 Å². The molecule has 1 heteroatoms. The largest absolute Gasteiger partial charge is 0.309 e. The number of benzene rings is 7. The van der Waals surface area contributed by atoms with E-state index in [9.17, 15) is 0 Å². The van der Waals surface area contributed by atoms with Gasteiger partial charge in [-0.3, -0.25) is 0 Å². The van der Waals surface area contributed by atoms with Gasteiger partial charge in [-0.2, -0.15) is 0 Å². The molecule has 7 aromatic rings. The van der Waals surface area contributed by atoms with Crippen molar-refractivity contribution in [1.82, 2.24) is 0 Å². The summed E-state index contributed by atoms with van der Waals surface area (Å²) >= 11 is 0. The highest BCUT2D eigenvalue weighted by atomic mass is 15.1. The van der Waals surface area contributed by atoms with E-state index in [1.54, 1.807) is 0 Å². The number of allylic oxidation sites excluding steroid dienone is 4. The van der Waals surface area contributed by atoms with Crippen LogP contribution in [-0.2, 0) is 5.41 Å². The molecular formula is C47H37N. The number of hydrogen-bond acceptors (Lipinski definition) is 1. The lowest BCUT2D eigenvalue weighted by Crippen LogP contribution is -2.24. The van der Waals surface area contributed by atoms with Gasteiger partial charge in [0.25, 0.3) is 0 Å². The molecule has 2 aliphatic carbocycles. The zero-order valence-electron chi connectivity index (χ0n) is 27.3. The summed E-state index contributed by atoms with van der Waals surface area (Å²) in [6.07, 6.45) is 9.30. The average molecular weight is 616 g/mol. The summed E-state index contributed by atoms with van der Waals surface area (Å²) in [6.45, 7) is 4.83. The molecule has 2 aliphatic rings. The van der Waals surface area contributed by atoms with Crippen LogP contribution >= 0.6 is 0 Å². The van der Waals surface area contributed by atoms with Gasteiger partial charge in [-0.05, 0) is 85.5 Å². The minimum Gasteiger partial charge on any atom is -0.309 e. The first-order chi connectivity index (χ1) is 23.6. The Hall–Kier alpha value is -5.66. The van der Waals surface area contributed by atoms with E-state index in [0.717, 1.165) is 11.4 Å². The fourth-order valence-corrected chi connectivity index (χ4v) is 8.36. The van der Waals surface area contributed by atoms with Crippen LogP contribution in [0, 0.1) is 5.92 Å². The van der Waals surface area contributed by atoms with Crippen molar-refractivity contribution in [3.63, 3.8) is 0 Å². The highest BCUT2D eigenvalue weighted by molar-refractivity contribution is 5.98. The van der Waals surface area contributed by atoms with E-state index in [-0.39, 0.29) is 5.41 Å². The third kappa shape index (κ3) is 4.53. The molecule has 2 atom stereocenters. The Bertz CT molecular complexity index is 2410. The molecule has 0 saturated carbocycles. The highest BCUT2D eigenvalue weighted by Gasteiger charge is 2.45. The highest BCUT2D eigenvalue weighted by Crippen LogP contribution is 2.56. The van der Waals surface area contributed by atoms with Gasteiger partial charge in [0.15, 0.2) is 0 Å². The van der Waals surface area contributed by atoms with E-state index in [4.69, 9.17) is 0 Å². The predicted octanol–water partition coefficient (Wildman–Crippen LogP) is 12.9. The summed E-state index contributed by atoms with van der Waals surface area (Å²) in [5.74, 6) is 0.791. The van der Waals surface area contributed by atoms with E-state index in [1.165, 1.54) is 60.6 Å². The topological polar surface area (TPSA) is 3.24 Å². The summed E-state index contributed by atoms with van der Waals surface area (Å²) in [5.41, 5.74) is 11.4. The molecule has 9 rings (SSSR count). The quantitative estimate of drug-likeness (QED) is 0.186. The molecule has 0 bridgehead atoms. The fourth-order valence-electron chi connectivity index (χ4n) is 8.36. The maximum Gasteiger partial charge on any atom is 0.0540 e. The Labute approximate surface area is 283 Å². The normalized spacial score (nSPS) is 17.4. The van der Waals surface area contributed by atoms with Crippen LogP contribution < -0.4 is 4.90 Å². The van der Waals surface area contributed by atoms with Crippen LogP contribution in [0.25, 0.3) is 43.8 Å². The number of anilines is 3. The molecule has 0 fully saturated rings. The van der Waals surface area contributed by atoms with Gasteiger partial charge >= 0.3 is 0 Å². The third-order valence-corrected chi connectivity index (χ3v) is 10.7. The second-order valence-corrected chi connectivity index (χ2v) is 13.8. The predicted molar refractivity (Wildman–Crippen MR) is 205 cm³/mol. The average Bonchev–Trinajstić information content (AvgIpc) is 3.38. The molecule has 0 saturated heterocycles. The van der Waals surface area contributed by atoms with Crippen LogP contribution in [0.2, 0.25) is 0 Å². The van der Waals surface area contributed by atoms with Crippen LogP contribution in [0.3, 0.4) is 0 Å². The smallest absolute Gasteiger partial charge is 0.0540 e. The lowest BCUT2D eigenvalue weighted by molar-refractivity contribution is 0.394. The second-order valence-electron chi connectivity index (χ2n) is 13.8. The van der Waals surface area contributed by atoms with Crippen LogP contribution in [-0.4, -0.2) is 0 Å². The van der Waals surface area contributed by atoms with Crippen molar-refractivity contribution in [3.8, 4) is 22.3 Å². The molecular weight excluding hydrogens is 579 g/mol. The van der Waals surface area contributed by atoms with Crippen LogP contribution in [0.5, 0.6) is 0 Å². The van der Waals surface area contributed by atoms with E-state index >= 15 is 0 Å². The van der Waals surface area contributed by atoms with Crippen molar-refractivity contribution < 1.29 is 0 Å². The van der Waals surface area contributed by atoms with Crippen LogP contribution in [0.1, 0.15) is 30.9 Å². The minimum atomic E-state index is 0.0485. The molecule has 0 aromatic heterocycles. The van der Waals surface area contributed by atoms with E-state index < -0.39 is 0 Å². The summed E-state index contributed by atoms with van der Waals surface area (Å²) < 4.78 is 0. The van der Waals surface area contributed by atoms with Crippen molar-refractivity contribution >= 4 is 38.6 Å². The summed E-state index contributed by atoms with van der Waals surface area (Å²) in [5, 5.41) is 4.96. The van der Waals surface area contributed by atoms with Gasteiger partial charge < -0.3 is 4.90 Å². The van der Waals surface area contributed by atoms with E-state index in [1.807, 2.05) is 0 Å². The van der Waals surface area contributed by atoms with Crippen LogP contribution in [0.15, 0.2) is 176 Å². The number of hydrogen-bond donors (Lipinski definition) is 0. The SMILES string of the molecule is CC1(C)c2cccc(-c3ccccc3N(c3ccc4ccccc4c3)c3ccccc3-c3ccc4ccccc4c3)c2C2C=CC=CC21. The van der Waals surface area contributed by atoms with Crippen molar-refractivity contribution in [2.75, 3.05) is 4.90 Å². The lowest BCUT2D eigenvalue weighted by Gasteiger charge is -2.31. The van der Waals surface area contributed by atoms with Crippen molar-refractivity contribution in [3.05, 3.63) is 187 Å². The van der Waals surface area contributed by atoms with Gasteiger partial charge in [-0.25, -0.2) is 0 Å². The lowest BCUT2D eigenvalue weighted by atomic mass is 9.74. The molecule has 2 unspecified atom stereocenters. The maximum absolute atomic E-state index is 2.49. The van der Waals surface area contributed by atoms with Gasteiger partial charge in [0.2, 0.25) is 0 Å². The third-order valence-electron chi connectivity index (χ3n) is 10.7. The molecule has 0 amide bonds. The molecule has 0 radical (unpaired) electrons. The van der Waals surface area contributed by atoms with Crippen molar-refractivity contribution in [1.29, 1.82) is 0 Å². The van der Waals surface area contributed by atoms with Crippen LogP contribution in [0.4, 0.5) is 17.1 Å². The Morgan fingerprint density at radius 2 is 1.06 bits per heavy atom. The summed E-state index contributed by atoms with van der Waals surface area (Å²) in [6, 6.07) is 55.8. The summed E-state index contributed by atoms with van der Waals surface area (Å²) in [4.78, 5) is 2.49. The standard InChI is InChI=1S/C47H37N/c1-47(2)42-22-10-7-20-41(42)46-40(21-13-23-43(46)47)39-19-9-12-25-45(39)48(37-29-28-33-15-4-6-17-35(33)31-37)44-24-11-8-18-38(44)36-27-26-32-14-3-5-16-34(32)30-36/h3-31,41-42H,1-2H3. The monoisotopic (exact) mass is 615 g/mol. The van der Waals surface area contributed by atoms with E-state index in [0.29, 0.717) is 11.8 Å². The number of nitrogens with zero attached hydrogens (tertiary/aromatic N) is 1. The molecule has 1 nitrogen and oxygen atoms in total. The van der Waals surface area contributed by atoms with Crippen molar-refractivity contribution in [2.24, 2.45) is 5.92 Å². The molecule has 0 N–H and O–H groups in total. The second kappa shape index (κ2) is 11.2. The minimum absolute atomic E-state index is 0.0485. The molecule has 230 valence electrons. The van der Waals surface area contributed by atoms with Crippen molar-refractivity contribution in [2.45, 2.75) is 25.2 Å². The van der Waals surface area contributed by atoms with Gasteiger partial charge in [-0.1, -0.05) is 159 Å². The number of para-hydroxylation sites is 2. The Morgan fingerprint density at radius 3 is 1.83 bits per heavy atom. The Balaban J connectivity index is 1.30. The molecule has 48 heavy (non-hydrogen) atoms. The molecule has 7 aromatic carbocycles. The zero-order valence-corrected chi connectivity index (χ0v) is 27.3. The summed E-state index contributed by atoms with van der Waals surface area (Å²) in [7, 11) is 0. The van der Waals surface area contributed by atoms with Gasteiger partial charge in [-0.15, -0.1) is 0 Å². The first kappa shape index (κ1) is 28.6. The Morgan fingerprint density at radius 1 is 0.479 bits per heavy atom. The maximum atomic E-state index is 2.49. The van der Waals surface area contributed by atoms with E-state index in [2.05, 4.69) is 195 Å². The molecule has 0 aliphatic heterocycles. The number of fused-ring (bicyclic) bond motifs is 5. The fraction of sp³-hybridized carbons (Fsp3) is 0.106. The number of rotatable bonds is 5. The first-order valence-electron chi connectivity index (χ1n) is 17.0. The zero-order chi connectivity index (χ0) is 32.2. The van der Waals surface area contributed by atoms with Gasteiger partial charge in [0.05, 0.1) is 11.4 Å². The molecule has 0 heterocycles. The Kier molecular flexibility index (Phi) is 6.69. The molecule has 0 spiro atoms. The van der Waals surface area contributed by atoms with Gasteiger partial charge in [0.1, 0.15) is 0 Å².